The zero-order valence-corrected chi connectivity index (χ0v) is 18.7. The summed E-state index contributed by atoms with van der Waals surface area (Å²) >= 11 is 7.58. The Morgan fingerprint density at radius 2 is 1.77 bits per heavy atom. The Kier molecular flexibility index (Phi) is 5.08. The van der Waals surface area contributed by atoms with Gasteiger partial charge in [-0.05, 0) is 54.8 Å². The summed E-state index contributed by atoms with van der Waals surface area (Å²) in [6.07, 6.45) is 0. The van der Waals surface area contributed by atoms with Crippen LogP contribution < -0.4 is 5.56 Å². The van der Waals surface area contributed by atoms with Crippen molar-refractivity contribution in [1.82, 2.24) is 14.5 Å². The fourth-order valence-corrected chi connectivity index (χ4v) is 4.84. The molecule has 5 rings (SSSR count). The molecule has 6 heteroatoms. The standard InChI is InChI=1S/C25H20ClN3OS/c1-15-6-5-9-21(16(15)2)29-24(30)23-22(19-7-3-4-8-20(19)27-23)28-25(29)31-14-17-10-12-18(26)13-11-17/h3-13,27H,14H2,1-2H3. The molecule has 31 heavy (non-hydrogen) atoms. The lowest BCUT2D eigenvalue weighted by Gasteiger charge is -2.15. The van der Waals surface area contributed by atoms with E-state index < -0.39 is 0 Å². The first kappa shape index (κ1) is 19.9. The molecule has 0 bridgehead atoms. The van der Waals surface area contributed by atoms with E-state index in [1.54, 1.807) is 16.3 Å². The second-order valence-corrected chi connectivity index (χ2v) is 8.94. The van der Waals surface area contributed by atoms with Crippen molar-refractivity contribution in [2.45, 2.75) is 24.8 Å². The number of halogens is 1. The largest absolute Gasteiger partial charge is 0.349 e. The van der Waals surface area contributed by atoms with Crippen LogP contribution in [-0.4, -0.2) is 14.5 Å². The molecular formula is C25H20ClN3OS. The van der Waals surface area contributed by atoms with Crippen LogP contribution in [0.4, 0.5) is 0 Å². The normalized spacial score (nSPS) is 11.5. The summed E-state index contributed by atoms with van der Waals surface area (Å²) in [6, 6.07) is 21.7. The number of H-pyrrole nitrogens is 1. The maximum absolute atomic E-state index is 13.7. The Labute approximate surface area is 188 Å². The molecule has 0 saturated carbocycles. The van der Waals surface area contributed by atoms with Gasteiger partial charge in [0.2, 0.25) is 0 Å². The first-order valence-corrected chi connectivity index (χ1v) is 11.4. The molecule has 5 aromatic rings. The Bertz CT molecular complexity index is 1490. The van der Waals surface area contributed by atoms with Crippen molar-refractivity contribution >= 4 is 45.3 Å². The average Bonchev–Trinajstić information content (AvgIpc) is 3.15. The molecule has 0 amide bonds. The number of fused-ring (bicyclic) bond motifs is 3. The monoisotopic (exact) mass is 445 g/mol. The van der Waals surface area contributed by atoms with Crippen LogP contribution in [-0.2, 0) is 5.75 Å². The van der Waals surface area contributed by atoms with E-state index in [1.165, 1.54) is 0 Å². The first-order chi connectivity index (χ1) is 15.0. The lowest BCUT2D eigenvalue weighted by atomic mass is 10.1. The number of aromatic amines is 1. The summed E-state index contributed by atoms with van der Waals surface area (Å²) < 4.78 is 1.74. The lowest BCUT2D eigenvalue weighted by Crippen LogP contribution is -2.22. The summed E-state index contributed by atoms with van der Waals surface area (Å²) in [7, 11) is 0. The fraction of sp³-hybridized carbons (Fsp3) is 0.120. The molecule has 4 nitrogen and oxygen atoms in total. The summed E-state index contributed by atoms with van der Waals surface area (Å²) in [5.74, 6) is 0.683. The van der Waals surface area contributed by atoms with Crippen molar-refractivity contribution in [1.29, 1.82) is 0 Å². The minimum absolute atomic E-state index is 0.0893. The van der Waals surface area contributed by atoms with Crippen LogP contribution in [0.3, 0.4) is 0 Å². The minimum Gasteiger partial charge on any atom is -0.349 e. The van der Waals surface area contributed by atoms with Gasteiger partial charge in [-0.25, -0.2) is 4.98 Å². The topological polar surface area (TPSA) is 50.7 Å². The number of para-hydroxylation sites is 1. The maximum atomic E-state index is 13.7. The molecule has 1 N–H and O–H groups in total. The van der Waals surface area contributed by atoms with E-state index in [9.17, 15) is 4.79 Å². The second kappa shape index (κ2) is 7.91. The third-order valence-electron chi connectivity index (χ3n) is 5.59. The number of aryl methyl sites for hydroxylation is 1. The third-order valence-corrected chi connectivity index (χ3v) is 6.85. The van der Waals surface area contributed by atoms with Gasteiger partial charge < -0.3 is 4.98 Å². The van der Waals surface area contributed by atoms with Gasteiger partial charge in [0.1, 0.15) is 11.0 Å². The van der Waals surface area contributed by atoms with Crippen LogP contribution in [0.25, 0.3) is 27.6 Å². The minimum atomic E-state index is -0.0893. The molecular weight excluding hydrogens is 426 g/mol. The van der Waals surface area contributed by atoms with Crippen molar-refractivity contribution in [2.75, 3.05) is 0 Å². The van der Waals surface area contributed by atoms with Crippen LogP contribution in [0.2, 0.25) is 5.02 Å². The van der Waals surface area contributed by atoms with Gasteiger partial charge >= 0.3 is 0 Å². The van der Waals surface area contributed by atoms with E-state index >= 15 is 0 Å². The molecule has 0 atom stereocenters. The number of hydrogen-bond donors (Lipinski definition) is 1. The Morgan fingerprint density at radius 1 is 1.00 bits per heavy atom. The molecule has 0 aliphatic carbocycles. The van der Waals surface area contributed by atoms with Crippen LogP contribution >= 0.6 is 23.4 Å². The first-order valence-electron chi connectivity index (χ1n) is 10.0. The summed E-state index contributed by atoms with van der Waals surface area (Å²) in [4.78, 5) is 22.0. The van der Waals surface area contributed by atoms with Gasteiger partial charge in [0.05, 0.1) is 5.69 Å². The van der Waals surface area contributed by atoms with Gasteiger partial charge in [-0.2, -0.15) is 0 Å². The number of hydrogen-bond acceptors (Lipinski definition) is 3. The van der Waals surface area contributed by atoms with Crippen LogP contribution in [0.5, 0.6) is 0 Å². The maximum Gasteiger partial charge on any atom is 0.283 e. The number of aromatic nitrogens is 3. The molecule has 3 aromatic carbocycles. The number of nitrogens with zero attached hydrogens (tertiary/aromatic N) is 2. The molecule has 0 saturated heterocycles. The highest BCUT2D eigenvalue weighted by atomic mass is 35.5. The molecule has 154 valence electrons. The number of nitrogens with one attached hydrogen (secondary N) is 1. The van der Waals surface area contributed by atoms with Gasteiger partial charge in [-0.1, -0.05) is 65.8 Å². The molecule has 0 aliphatic rings. The van der Waals surface area contributed by atoms with E-state index in [4.69, 9.17) is 16.6 Å². The summed E-state index contributed by atoms with van der Waals surface area (Å²) in [5.41, 5.74) is 6.23. The van der Waals surface area contributed by atoms with Crippen molar-refractivity contribution < 1.29 is 0 Å². The molecule has 2 aromatic heterocycles. The molecule has 0 fully saturated rings. The zero-order chi connectivity index (χ0) is 21.5. The van der Waals surface area contributed by atoms with Crippen molar-refractivity contribution in [3.05, 3.63) is 98.8 Å². The van der Waals surface area contributed by atoms with E-state index in [0.29, 0.717) is 27.0 Å². The smallest absolute Gasteiger partial charge is 0.283 e. The highest BCUT2D eigenvalue weighted by molar-refractivity contribution is 7.98. The van der Waals surface area contributed by atoms with Crippen LogP contribution in [0, 0.1) is 13.8 Å². The van der Waals surface area contributed by atoms with Crippen molar-refractivity contribution in [2.24, 2.45) is 0 Å². The third kappa shape index (κ3) is 3.54. The van der Waals surface area contributed by atoms with Crippen LogP contribution in [0.1, 0.15) is 16.7 Å². The highest BCUT2D eigenvalue weighted by Crippen LogP contribution is 2.29. The summed E-state index contributed by atoms with van der Waals surface area (Å²) in [6.45, 7) is 4.10. The van der Waals surface area contributed by atoms with E-state index in [-0.39, 0.29) is 5.56 Å². The van der Waals surface area contributed by atoms with E-state index in [0.717, 1.165) is 33.3 Å². The van der Waals surface area contributed by atoms with Gasteiger partial charge in [-0.15, -0.1) is 0 Å². The molecule has 0 aliphatic heterocycles. The molecule has 0 radical (unpaired) electrons. The Morgan fingerprint density at radius 3 is 2.58 bits per heavy atom. The fourth-order valence-electron chi connectivity index (χ4n) is 3.76. The van der Waals surface area contributed by atoms with E-state index in [2.05, 4.69) is 18.0 Å². The van der Waals surface area contributed by atoms with Gasteiger partial charge in [-0.3, -0.25) is 9.36 Å². The van der Waals surface area contributed by atoms with Gasteiger partial charge in [0, 0.05) is 21.7 Å². The van der Waals surface area contributed by atoms with Crippen LogP contribution in [0.15, 0.2) is 76.7 Å². The number of thioether (sulfide) groups is 1. The molecule has 0 unspecified atom stereocenters. The number of benzene rings is 3. The quantitative estimate of drug-likeness (QED) is 0.256. The molecule has 2 heterocycles. The predicted octanol–water partition coefficient (Wildman–Crippen LogP) is 6.43. The van der Waals surface area contributed by atoms with Crippen molar-refractivity contribution in [3.63, 3.8) is 0 Å². The van der Waals surface area contributed by atoms with E-state index in [1.807, 2.05) is 67.6 Å². The summed E-state index contributed by atoms with van der Waals surface area (Å²) in [5, 5.41) is 2.33. The Balaban J connectivity index is 1.74. The predicted molar refractivity (Wildman–Crippen MR) is 130 cm³/mol. The highest BCUT2D eigenvalue weighted by Gasteiger charge is 2.18. The zero-order valence-electron chi connectivity index (χ0n) is 17.1. The lowest BCUT2D eigenvalue weighted by molar-refractivity contribution is 0.812. The average molecular weight is 446 g/mol. The van der Waals surface area contributed by atoms with Gasteiger partial charge in [0.15, 0.2) is 5.16 Å². The van der Waals surface area contributed by atoms with Crippen molar-refractivity contribution in [3.8, 4) is 5.69 Å². The van der Waals surface area contributed by atoms with Gasteiger partial charge in [0.25, 0.3) is 5.56 Å². The Hall–Kier alpha value is -3.02. The molecule has 0 spiro atoms. The number of rotatable bonds is 4. The second-order valence-electron chi connectivity index (χ2n) is 7.56. The SMILES string of the molecule is Cc1cccc(-n2c(SCc3ccc(Cl)cc3)nc3c([nH]c4ccccc43)c2=O)c1C.